The predicted molar refractivity (Wildman–Crippen MR) is 53.0 cm³/mol. The van der Waals surface area contributed by atoms with E-state index >= 15 is 0 Å². The molecule has 0 radical (unpaired) electrons. The van der Waals surface area contributed by atoms with E-state index in [4.69, 9.17) is 0 Å². The molecule has 1 heterocycles. The average Bonchev–Trinajstić information content (AvgIpc) is 2.44. The molecule has 2 aromatic rings. The van der Waals surface area contributed by atoms with Crippen molar-refractivity contribution in [2.24, 2.45) is 0 Å². The van der Waals surface area contributed by atoms with E-state index in [1.807, 2.05) is 36.7 Å². The molecule has 3 nitrogen and oxygen atoms in total. The molecular weight excluding hydrogens is 164 g/mol. The second-order valence-corrected chi connectivity index (χ2v) is 3.15. The fourth-order valence-electron chi connectivity index (χ4n) is 1.66. The number of hydrogen-bond donors (Lipinski definition) is 1. The van der Waals surface area contributed by atoms with Crippen LogP contribution in [0.4, 0.5) is 0 Å². The highest BCUT2D eigenvalue weighted by Gasteiger charge is 2.06. The number of hydrogen-bond acceptors (Lipinski definition) is 1. The second-order valence-electron chi connectivity index (χ2n) is 3.15. The standard InChI is InChI=1S/C10H12N2O/c1-3-12-8-6-4-5-7(2)9(8)10(13)11-12/h4-6H,3H2,1-2H3,(H,11,13). The predicted octanol–water partition coefficient (Wildman–Crippen LogP) is 1.66. The van der Waals surface area contributed by atoms with Gasteiger partial charge in [0.2, 0.25) is 0 Å². The first-order chi connectivity index (χ1) is 6.24. The zero-order valence-electron chi connectivity index (χ0n) is 7.79. The molecule has 13 heavy (non-hydrogen) atoms. The molecule has 0 spiro atoms. The lowest BCUT2D eigenvalue weighted by molar-refractivity contribution is 0.676. The molecule has 1 aromatic carbocycles. The van der Waals surface area contributed by atoms with Crippen LogP contribution in [-0.4, -0.2) is 9.78 Å². The first-order valence-corrected chi connectivity index (χ1v) is 4.42. The van der Waals surface area contributed by atoms with Gasteiger partial charge in [0.1, 0.15) is 0 Å². The maximum Gasteiger partial charge on any atom is 0.272 e. The molecule has 0 saturated carbocycles. The number of aromatic amines is 1. The fourth-order valence-corrected chi connectivity index (χ4v) is 1.66. The van der Waals surface area contributed by atoms with E-state index in [1.54, 1.807) is 0 Å². The zero-order valence-corrected chi connectivity index (χ0v) is 7.79. The van der Waals surface area contributed by atoms with Gasteiger partial charge in [0.15, 0.2) is 0 Å². The van der Waals surface area contributed by atoms with Crippen LogP contribution in [-0.2, 0) is 6.54 Å². The Morgan fingerprint density at radius 1 is 1.46 bits per heavy atom. The largest absolute Gasteiger partial charge is 0.285 e. The Hall–Kier alpha value is -1.51. The van der Waals surface area contributed by atoms with E-state index in [1.165, 1.54) is 0 Å². The third kappa shape index (κ3) is 1.08. The third-order valence-corrected chi connectivity index (χ3v) is 2.32. The van der Waals surface area contributed by atoms with Crippen LogP contribution >= 0.6 is 0 Å². The van der Waals surface area contributed by atoms with Crippen molar-refractivity contribution in [1.82, 2.24) is 9.78 Å². The number of fused-ring (bicyclic) bond motifs is 1. The van der Waals surface area contributed by atoms with Gasteiger partial charge in [0, 0.05) is 6.54 Å². The lowest BCUT2D eigenvalue weighted by Gasteiger charge is -1.98. The SMILES string of the molecule is CCn1[nH]c(=O)c2c(C)cccc21. The van der Waals surface area contributed by atoms with Crippen LogP contribution in [0.15, 0.2) is 23.0 Å². The zero-order chi connectivity index (χ0) is 9.42. The lowest BCUT2D eigenvalue weighted by atomic mass is 10.1. The van der Waals surface area contributed by atoms with Gasteiger partial charge in [-0.2, -0.15) is 0 Å². The quantitative estimate of drug-likeness (QED) is 0.705. The number of nitrogens with one attached hydrogen (secondary N) is 1. The summed E-state index contributed by atoms with van der Waals surface area (Å²) in [6.07, 6.45) is 0. The van der Waals surface area contributed by atoms with Gasteiger partial charge in [-0.25, -0.2) is 0 Å². The maximum atomic E-state index is 11.5. The molecule has 0 fully saturated rings. The molecule has 0 atom stereocenters. The Labute approximate surface area is 76.0 Å². The van der Waals surface area contributed by atoms with Crippen LogP contribution in [0.2, 0.25) is 0 Å². The monoisotopic (exact) mass is 176 g/mol. The summed E-state index contributed by atoms with van der Waals surface area (Å²) in [5.74, 6) is 0. The molecule has 0 saturated heterocycles. The number of rotatable bonds is 1. The summed E-state index contributed by atoms with van der Waals surface area (Å²) in [6, 6.07) is 5.89. The number of H-pyrrole nitrogens is 1. The maximum absolute atomic E-state index is 11.5. The molecule has 68 valence electrons. The number of benzene rings is 1. The molecule has 1 aromatic heterocycles. The van der Waals surface area contributed by atoms with Crippen molar-refractivity contribution < 1.29 is 0 Å². The van der Waals surface area contributed by atoms with Crippen LogP contribution in [0.5, 0.6) is 0 Å². The summed E-state index contributed by atoms with van der Waals surface area (Å²) in [6.45, 7) is 4.76. The highest BCUT2D eigenvalue weighted by atomic mass is 16.1. The minimum atomic E-state index is 0.00921. The molecule has 0 bridgehead atoms. The van der Waals surface area contributed by atoms with Crippen LogP contribution in [0.1, 0.15) is 12.5 Å². The van der Waals surface area contributed by atoms with Crippen molar-refractivity contribution in [3.05, 3.63) is 34.1 Å². The summed E-state index contributed by atoms with van der Waals surface area (Å²) in [7, 11) is 0. The number of aromatic nitrogens is 2. The molecule has 2 rings (SSSR count). The van der Waals surface area contributed by atoms with E-state index in [0.717, 1.165) is 23.0 Å². The van der Waals surface area contributed by atoms with Crippen LogP contribution < -0.4 is 5.56 Å². The van der Waals surface area contributed by atoms with Crippen molar-refractivity contribution in [2.45, 2.75) is 20.4 Å². The molecule has 3 heteroatoms. The number of nitrogens with zero attached hydrogens (tertiary/aromatic N) is 1. The van der Waals surface area contributed by atoms with Crippen molar-refractivity contribution in [3.8, 4) is 0 Å². The lowest BCUT2D eigenvalue weighted by Crippen LogP contribution is -2.04. The van der Waals surface area contributed by atoms with Gasteiger partial charge in [0.25, 0.3) is 5.56 Å². The van der Waals surface area contributed by atoms with Gasteiger partial charge in [0.05, 0.1) is 10.9 Å². The molecular formula is C10H12N2O. The molecule has 1 N–H and O–H groups in total. The minimum absolute atomic E-state index is 0.00921. The Morgan fingerprint density at radius 3 is 2.92 bits per heavy atom. The Bertz CT molecular complexity index is 493. The Morgan fingerprint density at radius 2 is 2.23 bits per heavy atom. The van der Waals surface area contributed by atoms with Crippen LogP contribution in [0.3, 0.4) is 0 Å². The third-order valence-electron chi connectivity index (χ3n) is 2.32. The molecule has 0 aliphatic carbocycles. The Kier molecular flexibility index (Phi) is 1.72. The summed E-state index contributed by atoms with van der Waals surface area (Å²) < 4.78 is 1.87. The van der Waals surface area contributed by atoms with E-state index in [2.05, 4.69) is 5.10 Å². The smallest absolute Gasteiger partial charge is 0.272 e. The summed E-state index contributed by atoms with van der Waals surface area (Å²) in [5, 5.41) is 3.61. The summed E-state index contributed by atoms with van der Waals surface area (Å²) >= 11 is 0. The van der Waals surface area contributed by atoms with Gasteiger partial charge in [-0.1, -0.05) is 12.1 Å². The fraction of sp³-hybridized carbons (Fsp3) is 0.300. The van der Waals surface area contributed by atoms with E-state index in [9.17, 15) is 4.79 Å². The van der Waals surface area contributed by atoms with Crippen molar-refractivity contribution >= 4 is 10.9 Å². The van der Waals surface area contributed by atoms with Crippen molar-refractivity contribution in [2.75, 3.05) is 0 Å². The highest BCUT2D eigenvalue weighted by molar-refractivity contribution is 5.81. The molecule has 0 unspecified atom stereocenters. The highest BCUT2D eigenvalue weighted by Crippen LogP contribution is 2.13. The molecule has 0 amide bonds. The van der Waals surface area contributed by atoms with Crippen molar-refractivity contribution in [1.29, 1.82) is 0 Å². The molecule has 0 aliphatic heterocycles. The first kappa shape index (κ1) is 8.10. The van der Waals surface area contributed by atoms with Gasteiger partial charge in [-0.05, 0) is 25.5 Å². The van der Waals surface area contributed by atoms with Crippen LogP contribution in [0, 0.1) is 6.92 Å². The average molecular weight is 176 g/mol. The van der Waals surface area contributed by atoms with E-state index in [-0.39, 0.29) is 5.56 Å². The van der Waals surface area contributed by atoms with E-state index in [0.29, 0.717) is 0 Å². The van der Waals surface area contributed by atoms with Gasteiger partial charge in [-0.3, -0.25) is 14.6 Å². The van der Waals surface area contributed by atoms with Gasteiger partial charge >= 0.3 is 0 Å². The van der Waals surface area contributed by atoms with Crippen molar-refractivity contribution in [3.63, 3.8) is 0 Å². The van der Waals surface area contributed by atoms with Gasteiger partial charge < -0.3 is 0 Å². The first-order valence-electron chi connectivity index (χ1n) is 4.42. The minimum Gasteiger partial charge on any atom is -0.285 e. The normalized spacial score (nSPS) is 10.9. The summed E-state index contributed by atoms with van der Waals surface area (Å²) in [4.78, 5) is 11.5. The Balaban J connectivity index is 2.96. The number of aryl methyl sites for hydroxylation is 2. The summed E-state index contributed by atoms with van der Waals surface area (Å²) in [5.41, 5.74) is 2.04. The van der Waals surface area contributed by atoms with Gasteiger partial charge in [-0.15, -0.1) is 0 Å². The van der Waals surface area contributed by atoms with Crippen LogP contribution in [0.25, 0.3) is 10.9 Å². The topological polar surface area (TPSA) is 37.8 Å². The molecule has 0 aliphatic rings. The second kappa shape index (κ2) is 2.76. The van der Waals surface area contributed by atoms with E-state index < -0.39 is 0 Å².